The van der Waals surface area contributed by atoms with Crippen LogP contribution in [-0.4, -0.2) is 8.42 Å². The van der Waals surface area contributed by atoms with Gasteiger partial charge in [0.1, 0.15) is 0 Å². The van der Waals surface area contributed by atoms with Gasteiger partial charge in [-0.3, -0.25) is 0 Å². The molecule has 0 bridgehead atoms. The standard InChI is InChI=1S/C8H9O3S/c1-2-7-3-5-8(6-4-7)12(9,10)11/h3-6H,2H2,1H3. The van der Waals surface area contributed by atoms with Gasteiger partial charge >= 0.3 is 10.1 Å². The van der Waals surface area contributed by atoms with Crippen LogP contribution in [0.3, 0.4) is 0 Å². The van der Waals surface area contributed by atoms with Crippen LogP contribution in [-0.2, 0) is 21.1 Å². The third-order valence-electron chi connectivity index (χ3n) is 1.62. The normalized spacial score (nSPS) is 11.5. The molecular weight excluding hydrogens is 176 g/mol. The molecule has 1 rings (SSSR count). The van der Waals surface area contributed by atoms with E-state index in [-0.39, 0.29) is 4.90 Å². The van der Waals surface area contributed by atoms with E-state index in [1.54, 1.807) is 12.1 Å². The Morgan fingerprint density at radius 3 is 2.00 bits per heavy atom. The molecule has 1 aromatic rings. The van der Waals surface area contributed by atoms with E-state index in [0.29, 0.717) is 0 Å². The van der Waals surface area contributed by atoms with E-state index in [1.807, 2.05) is 6.92 Å². The van der Waals surface area contributed by atoms with Crippen LogP contribution in [0.15, 0.2) is 29.2 Å². The molecule has 0 fully saturated rings. The molecule has 0 amide bonds. The Hall–Kier alpha value is -0.870. The lowest BCUT2D eigenvalue weighted by Crippen LogP contribution is -1.95. The third kappa shape index (κ3) is 2.06. The number of benzene rings is 1. The van der Waals surface area contributed by atoms with Crippen molar-refractivity contribution in [1.82, 2.24) is 0 Å². The molecule has 12 heavy (non-hydrogen) atoms. The van der Waals surface area contributed by atoms with Gasteiger partial charge in [-0.05, 0) is 24.1 Å². The Bertz CT molecular complexity index is 350. The van der Waals surface area contributed by atoms with Crippen molar-refractivity contribution in [3.63, 3.8) is 0 Å². The van der Waals surface area contributed by atoms with Crippen molar-refractivity contribution < 1.29 is 13.0 Å². The van der Waals surface area contributed by atoms with Crippen LogP contribution < -0.4 is 0 Å². The summed E-state index contributed by atoms with van der Waals surface area (Å²) in [6, 6.07) is 5.96. The first-order valence-corrected chi connectivity index (χ1v) is 4.99. The van der Waals surface area contributed by atoms with Crippen molar-refractivity contribution in [2.75, 3.05) is 0 Å². The molecular formula is C8H9O3S. The number of rotatable bonds is 2. The summed E-state index contributed by atoms with van der Waals surface area (Å²) in [5.74, 6) is 0. The zero-order valence-electron chi connectivity index (χ0n) is 6.65. The van der Waals surface area contributed by atoms with Crippen molar-refractivity contribution in [2.45, 2.75) is 18.2 Å². The summed E-state index contributed by atoms with van der Waals surface area (Å²) in [6.45, 7) is 1.96. The molecule has 0 unspecified atom stereocenters. The highest BCUT2D eigenvalue weighted by Crippen LogP contribution is 2.10. The lowest BCUT2D eigenvalue weighted by molar-refractivity contribution is 0.414. The van der Waals surface area contributed by atoms with E-state index in [0.717, 1.165) is 12.0 Å². The first-order chi connectivity index (χ1) is 5.54. The summed E-state index contributed by atoms with van der Waals surface area (Å²) in [4.78, 5) is -0.167. The quantitative estimate of drug-likeness (QED) is 0.698. The lowest BCUT2D eigenvalue weighted by Gasteiger charge is -1.96. The Morgan fingerprint density at radius 1 is 1.17 bits per heavy atom. The van der Waals surface area contributed by atoms with E-state index in [2.05, 4.69) is 0 Å². The maximum Gasteiger partial charge on any atom is 0.324 e. The summed E-state index contributed by atoms with van der Waals surface area (Å²) >= 11 is 0. The summed E-state index contributed by atoms with van der Waals surface area (Å²) in [5, 5.41) is 0. The topological polar surface area (TPSA) is 54.0 Å². The Kier molecular flexibility index (Phi) is 2.49. The molecule has 0 saturated heterocycles. The summed E-state index contributed by atoms with van der Waals surface area (Å²) < 4.78 is 31.4. The molecule has 0 N–H and O–H groups in total. The van der Waals surface area contributed by atoms with Crippen molar-refractivity contribution in [3.05, 3.63) is 29.8 Å². The van der Waals surface area contributed by atoms with Gasteiger partial charge in [0, 0.05) is 0 Å². The molecule has 0 aliphatic carbocycles. The average Bonchev–Trinajstić information content (AvgIpc) is 2.03. The minimum absolute atomic E-state index is 0.167. The summed E-state index contributed by atoms with van der Waals surface area (Å²) in [6.07, 6.45) is 0.833. The monoisotopic (exact) mass is 185 g/mol. The number of hydrogen-bond acceptors (Lipinski definition) is 2. The van der Waals surface area contributed by atoms with Gasteiger partial charge in [0.15, 0.2) is 0 Å². The molecule has 0 heterocycles. The van der Waals surface area contributed by atoms with Gasteiger partial charge in [0.25, 0.3) is 0 Å². The Balaban J connectivity index is 3.09. The van der Waals surface area contributed by atoms with E-state index in [4.69, 9.17) is 0 Å². The molecule has 1 aromatic carbocycles. The smallest absolute Gasteiger partial charge is 0.192 e. The van der Waals surface area contributed by atoms with Crippen LogP contribution in [0.4, 0.5) is 0 Å². The van der Waals surface area contributed by atoms with Gasteiger partial charge in [0.05, 0.1) is 4.90 Å². The zero-order valence-corrected chi connectivity index (χ0v) is 7.47. The third-order valence-corrected chi connectivity index (χ3v) is 2.47. The lowest BCUT2D eigenvalue weighted by atomic mass is 10.2. The molecule has 0 spiro atoms. The van der Waals surface area contributed by atoms with Crippen molar-refractivity contribution >= 4 is 10.1 Å². The van der Waals surface area contributed by atoms with Crippen LogP contribution in [0.5, 0.6) is 0 Å². The summed E-state index contributed by atoms with van der Waals surface area (Å²) in [7, 11) is -4.28. The van der Waals surface area contributed by atoms with Crippen molar-refractivity contribution in [3.8, 4) is 0 Å². The first-order valence-electron chi connectivity index (χ1n) is 3.59. The second-order valence-electron chi connectivity index (χ2n) is 2.45. The van der Waals surface area contributed by atoms with E-state index in [1.165, 1.54) is 12.1 Å². The average molecular weight is 185 g/mol. The highest BCUT2D eigenvalue weighted by Gasteiger charge is 2.09. The molecule has 0 aromatic heterocycles. The Labute approximate surface area is 71.8 Å². The predicted molar refractivity (Wildman–Crippen MR) is 43.7 cm³/mol. The SMILES string of the molecule is CCc1ccc(S([O])(=O)=O)cc1. The Morgan fingerprint density at radius 2 is 1.67 bits per heavy atom. The molecule has 0 atom stereocenters. The predicted octanol–water partition coefficient (Wildman–Crippen LogP) is 1.37. The molecule has 0 aliphatic rings. The highest BCUT2D eigenvalue weighted by atomic mass is 32.2. The molecule has 1 radical (unpaired) electrons. The number of hydrogen-bond donors (Lipinski definition) is 0. The van der Waals surface area contributed by atoms with Crippen LogP contribution in [0.2, 0.25) is 0 Å². The van der Waals surface area contributed by atoms with E-state index < -0.39 is 10.1 Å². The van der Waals surface area contributed by atoms with E-state index >= 15 is 0 Å². The van der Waals surface area contributed by atoms with Crippen LogP contribution in [0.1, 0.15) is 12.5 Å². The van der Waals surface area contributed by atoms with Crippen LogP contribution >= 0.6 is 0 Å². The van der Waals surface area contributed by atoms with Gasteiger partial charge in [-0.1, -0.05) is 23.6 Å². The maximum atomic E-state index is 10.5. The zero-order chi connectivity index (χ0) is 9.19. The second kappa shape index (κ2) is 3.25. The largest absolute Gasteiger partial charge is 0.324 e. The number of aryl methyl sites for hydroxylation is 1. The fraction of sp³-hybridized carbons (Fsp3) is 0.250. The van der Waals surface area contributed by atoms with Gasteiger partial charge in [-0.2, -0.15) is 8.42 Å². The molecule has 3 nitrogen and oxygen atoms in total. The first kappa shape index (κ1) is 9.22. The van der Waals surface area contributed by atoms with Gasteiger partial charge in [0.2, 0.25) is 0 Å². The fourth-order valence-corrected chi connectivity index (χ4v) is 1.36. The molecule has 4 heteroatoms. The van der Waals surface area contributed by atoms with Crippen LogP contribution in [0.25, 0.3) is 0 Å². The second-order valence-corrected chi connectivity index (χ2v) is 3.83. The molecule has 0 saturated carbocycles. The van der Waals surface area contributed by atoms with Gasteiger partial charge in [-0.25, -0.2) is 0 Å². The minimum Gasteiger partial charge on any atom is -0.192 e. The molecule has 65 valence electrons. The maximum absolute atomic E-state index is 10.5. The van der Waals surface area contributed by atoms with Crippen molar-refractivity contribution in [2.24, 2.45) is 0 Å². The fourth-order valence-electron chi connectivity index (χ4n) is 0.892. The van der Waals surface area contributed by atoms with Gasteiger partial charge in [-0.15, -0.1) is 0 Å². The highest BCUT2D eigenvalue weighted by molar-refractivity contribution is 7.85. The van der Waals surface area contributed by atoms with E-state index in [9.17, 15) is 13.0 Å². The summed E-state index contributed by atoms with van der Waals surface area (Å²) in [5.41, 5.74) is 1.02. The molecule has 0 aliphatic heterocycles. The minimum atomic E-state index is -4.28. The van der Waals surface area contributed by atoms with Gasteiger partial charge < -0.3 is 0 Å². The van der Waals surface area contributed by atoms with Crippen molar-refractivity contribution in [1.29, 1.82) is 0 Å². The van der Waals surface area contributed by atoms with Crippen LogP contribution in [0, 0.1) is 0 Å².